The minimum absolute atomic E-state index is 0.196. The van der Waals surface area contributed by atoms with Crippen molar-refractivity contribution in [2.24, 2.45) is 5.92 Å². The predicted octanol–water partition coefficient (Wildman–Crippen LogP) is 2.31. The monoisotopic (exact) mass is 333 g/mol. The van der Waals surface area contributed by atoms with E-state index in [4.69, 9.17) is 14.2 Å². The Morgan fingerprint density at radius 3 is 2.58 bits per heavy atom. The number of ether oxygens (including phenoxy) is 3. The Hall–Kier alpha value is -2.24. The molecule has 1 fully saturated rings. The van der Waals surface area contributed by atoms with Crippen LogP contribution in [-0.4, -0.2) is 37.7 Å². The maximum atomic E-state index is 12.1. The van der Waals surface area contributed by atoms with Gasteiger partial charge < -0.3 is 19.5 Å². The first-order chi connectivity index (χ1) is 11.6. The van der Waals surface area contributed by atoms with Gasteiger partial charge in [0, 0.05) is 6.04 Å². The van der Waals surface area contributed by atoms with Crippen LogP contribution >= 0.6 is 0 Å². The normalized spacial score (nSPS) is 22.5. The number of carbonyl (C=O) groups excluding carboxylic acids is 2. The third-order valence-corrected chi connectivity index (χ3v) is 4.49. The number of nitrogens with one attached hydrogen (secondary N) is 1. The highest BCUT2D eigenvalue weighted by molar-refractivity contribution is 5.92. The zero-order valence-electron chi connectivity index (χ0n) is 13.9. The standard InChI is InChI=1S/C18H23NO5/c1-12-2-5-14(6-3-12)19-17(20)11-24-18(21)13-4-7-15-16(10-13)23-9-8-22-15/h4,7,10,12,14H,2-3,5-6,8-9,11H2,1H3,(H,19,20). The Balaban J connectivity index is 1.47. The lowest BCUT2D eigenvalue weighted by Crippen LogP contribution is -2.39. The molecule has 0 radical (unpaired) electrons. The summed E-state index contributed by atoms with van der Waals surface area (Å²) in [6, 6.07) is 5.06. The number of esters is 1. The lowest BCUT2D eigenvalue weighted by molar-refractivity contribution is -0.125. The largest absolute Gasteiger partial charge is 0.486 e. The molecule has 1 heterocycles. The van der Waals surface area contributed by atoms with Gasteiger partial charge in [-0.2, -0.15) is 0 Å². The Bertz CT molecular complexity index is 607. The van der Waals surface area contributed by atoms with Crippen molar-refractivity contribution in [1.29, 1.82) is 0 Å². The van der Waals surface area contributed by atoms with E-state index in [0.29, 0.717) is 30.3 Å². The van der Waals surface area contributed by atoms with Crippen LogP contribution in [0.5, 0.6) is 11.5 Å². The number of fused-ring (bicyclic) bond motifs is 1. The summed E-state index contributed by atoms with van der Waals surface area (Å²) >= 11 is 0. The molecular weight excluding hydrogens is 310 g/mol. The minimum Gasteiger partial charge on any atom is -0.486 e. The molecule has 130 valence electrons. The molecule has 2 aliphatic rings. The van der Waals surface area contributed by atoms with Crippen LogP contribution in [0.15, 0.2) is 18.2 Å². The topological polar surface area (TPSA) is 73.9 Å². The fraction of sp³-hybridized carbons (Fsp3) is 0.556. The Morgan fingerprint density at radius 1 is 1.12 bits per heavy atom. The fourth-order valence-corrected chi connectivity index (χ4v) is 3.06. The zero-order valence-corrected chi connectivity index (χ0v) is 13.9. The van der Waals surface area contributed by atoms with Crippen LogP contribution in [0.3, 0.4) is 0 Å². The van der Waals surface area contributed by atoms with Gasteiger partial charge in [0.15, 0.2) is 18.1 Å². The summed E-state index contributed by atoms with van der Waals surface area (Å²) in [6.45, 7) is 2.91. The lowest BCUT2D eigenvalue weighted by Gasteiger charge is -2.26. The van der Waals surface area contributed by atoms with Crippen molar-refractivity contribution in [1.82, 2.24) is 5.32 Å². The first kappa shape index (κ1) is 16.6. The van der Waals surface area contributed by atoms with Crippen molar-refractivity contribution >= 4 is 11.9 Å². The van der Waals surface area contributed by atoms with E-state index in [1.807, 2.05) is 0 Å². The maximum Gasteiger partial charge on any atom is 0.338 e. The molecule has 0 unspecified atom stereocenters. The predicted molar refractivity (Wildman–Crippen MR) is 87.3 cm³/mol. The molecule has 1 aromatic carbocycles. The van der Waals surface area contributed by atoms with Gasteiger partial charge in [0.25, 0.3) is 5.91 Å². The smallest absolute Gasteiger partial charge is 0.338 e. The molecule has 1 amide bonds. The van der Waals surface area contributed by atoms with Gasteiger partial charge in [0.05, 0.1) is 5.56 Å². The Kier molecular flexibility index (Phi) is 5.23. The maximum absolute atomic E-state index is 12.1. The summed E-state index contributed by atoms with van der Waals surface area (Å²) in [7, 11) is 0. The third kappa shape index (κ3) is 4.19. The van der Waals surface area contributed by atoms with Gasteiger partial charge >= 0.3 is 5.97 Å². The second-order valence-corrected chi connectivity index (χ2v) is 6.46. The molecule has 1 aliphatic heterocycles. The minimum atomic E-state index is -0.542. The molecular formula is C18H23NO5. The fourth-order valence-electron chi connectivity index (χ4n) is 3.06. The number of amides is 1. The number of rotatable bonds is 4. The highest BCUT2D eigenvalue weighted by atomic mass is 16.6. The molecule has 1 N–H and O–H groups in total. The summed E-state index contributed by atoms with van der Waals surface area (Å²) in [6.07, 6.45) is 4.23. The lowest BCUT2D eigenvalue weighted by atomic mass is 9.87. The van der Waals surface area contributed by atoms with Crippen molar-refractivity contribution in [3.63, 3.8) is 0 Å². The van der Waals surface area contributed by atoms with E-state index in [1.54, 1.807) is 18.2 Å². The molecule has 0 aromatic heterocycles. The van der Waals surface area contributed by atoms with Crippen LogP contribution < -0.4 is 14.8 Å². The van der Waals surface area contributed by atoms with E-state index < -0.39 is 5.97 Å². The van der Waals surface area contributed by atoms with Gasteiger partial charge in [-0.15, -0.1) is 0 Å². The van der Waals surface area contributed by atoms with Crippen LogP contribution in [0.25, 0.3) is 0 Å². The summed E-state index contributed by atoms with van der Waals surface area (Å²) in [4.78, 5) is 24.0. The van der Waals surface area contributed by atoms with E-state index >= 15 is 0 Å². The molecule has 1 aromatic rings. The van der Waals surface area contributed by atoms with Gasteiger partial charge in [-0.05, 0) is 49.8 Å². The second-order valence-electron chi connectivity index (χ2n) is 6.46. The molecule has 0 atom stereocenters. The van der Waals surface area contributed by atoms with Crippen LogP contribution in [0, 0.1) is 5.92 Å². The van der Waals surface area contributed by atoms with E-state index in [9.17, 15) is 9.59 Å². The number of benzene rings is 1. The summed E-state index contributed by atoms with van der Waals surface area (Å²) in [5.41, 5.74) is 0.346. The van der Waals surface area contributed by atoms with Crippen LogP contribution in [0.1, 0.15) is 43.0 Å². The third-order valence-electron chi connectivity index (χ3n) is 4.49. The number of hydrogen-bond donors (Lipinski definition) is 1. The van der Waals surface area contributed by atoms with Crippen molar-refractivity contribution in [3.05, 3.63) is 23.8 Å². The average Bonchev–Trinajstić information content (AvgIpc) is 2.61. The second kappa shape index (κ2) is 7.55. The van der Waals surface area contributed by atoms with E-state index in [0.717, 1.165) is 31.6 Å². The summed E-state index contributed by atoms with van der Waals surface area (Å²) in [5.74, 6) is 1.07. The molecule has 3 rings (SSSR count). The number of carbonyl (C=O) groups is 2. The van der Waals surface area contributed by atoms with Crippen molar-refractivity contribution in [2.45, 2.75) is 38.6 Å². The van der Waals surface area contributed by atoms with E-state index in [1.165, 1.54) is 0 Å². The summed E-state index contributed by atoms with van der Waals surface area (Å²) < 4.78 is 15.9. The van der Waals surface area contributed by atoms with Crippen molar-refractivity contribution in [2.75, 3.05) is 19.8 Å². The molecule has 0 spiro atoms. The van der Waals surface area contributed by atoms with Crippen LogP contribution in [0.2, 0.25) is 0 Å². The van der Waals surface area contributed by atoms with Gasteiger partial charge in [-0.25, -0.2) is 4.79 Å². The van der Waals surface area contributed by atoms with Crippen molar-refractivity contribution < 1.29 is 23.8 Å². The van der Waals surface area contributed by atoms with Crippen LogP contribution in [-0.2, 0) is 9.53 Å². The summed E-state index contributed by atoms with van der Waals surface area (Å²) in [5, 5.41) is 2.94. The molecule has 1 aliphatic carbocycles. The highest BCUT2D eigenvalue weighted by Crippen LogP contribution is 2.30. The van der Waals surface area contributed by atoms with Gasteiger partial charge in [-0.3, -0.25) is 4.79 Å². The van der Waals surface area contributed by atoms with Gasteiger partial charge in [0.2, 0.25) is 0 Å². The van der Waals surface area contributed by atoms with Crippen molar-refractivity contribution in [3.8, 4) is 11.5 Å². The SMILES string of the molecule is CC1CCC(NC(=O)COC(=O)c2ccc3c(c2)OCCO3)CC1. The zero-order chi connectivity index (χ0) is 16.9. The number of hydrogen-bond acceptors (Lipinski definition) is 5. The molecule has 6 heteroatoms. The van der Waals surface area contributed by atoms with Gasteiger partial charge in [-0.1, -0.05) is 6.92 Å². The van der Waals surface area contributed by atoms with Gasteiger partial charge in [0.1, 0.15) is 13.2 Å². The molecule has 6 nitrogen and oxygen atoms in total. The Labute approximate surface area is 141 Å². The average molecular weight is 333 g/mol. The van der Waals surface area contributed by atoms with E-state index in [2.05, 4.69) is 12.2 Å². The molecule has 1 saturated carbocycles. The van der Waals surface area contributed by atoms with E-state index in [-0.39, 0.29) is 18.6 Å². The molecule has 24 heavy (non-hydrogen) atoms. The first-order valence-electron chi connectivity index (χ1n) is 8.48. The quantitative estimate of drug-likeness (QED) is 0.856. The van der Waals surface area contributed by atoms with Crippen LogP contribution in [0.4, 0.5) is 0 Å². The molecule has 0 saturated heterocycles. The first-order valence-corrected chi connectivity index (χ1v) is 8.48. The molecule has 0 bridgehead atoms. The highest BCUT2D eigenvalue weighted by Gasteiger charge is 2.21. The Morgan fingerprint density at radius 2 is 1.83 bits per heavy atom.